The number of methoxy groups -OCH3 is 2. The molecule has 0 fully saturated rings. The molecule has 1 radical (unpaired) electrons. The first-order valence-electron chi connectivity index (χ1n) is 19.7. The van der Waals surface area contributed by atoms with Crippen molar-refractivity contribution in [3.63, 3.8) is 0 Å². The number of allylic oxidation sites excluding steroid dienone is 10. The molecule has 0 amide bonds. The fraction of sp³-hybridized carbons (Fsp3) is 0.0385. The Labute approximate surface area is 368 Å². The topological polar surface area (TPSA) is 140 Å². The summed E-state index contributed by atoms with van der Waals surface area (Å²) in [6.45, 7) is 0. The standard InChI is InChI=1S/C52H37N5O4.Cu/c1-60-51(58)35-29-34-46(48(53)47(35)52(59)61-2)50-45(33-21-13-6-14-22-33)41-28-26-39(56-41)43(31-17-9-4-10-18-31)37-24-23-36(54-37)42(30-15-7-3-8-16-30)38-25-27-40(55-38)44(49(34)57-50)32-19-11-5-12-20-32;/h3-29,58-59H,53H2,1-2H3;/q;+2/p-2. The van der Waals surface area contributed by atoms with Crippen LogP contribution in [0, 0.1) is 0 Å². The summed E-state index contributed by atoms with van der Waals surface area (Å²) in [5, 5.41) is 27.1. The molecule has 0 aromatic heterocycles. The number of aliphatic imine (C=N–C) groups is 4. The molecule has 0 aliphatic carbocycles. The Balaban J connectivity index is 0.00000490. The van der Waals surface area contributed by atoms with Crippen molar-refractivity contribution in [1.82, 2.24) is 0 Å². The summed E-state index contributed by atoms with van der Waals surface area (Å²) >= 11 is 0. The van der Waals surface area contributed by atoms with Crippen molar-refractivity contribution in [2.75, 3.05) is 20.0 Å². The minimum Gasteiger partial charge on any atom is -0.616 e. The molecular formula is C52H35CuN5O4. The Morgan fingerprint density at radius 1 is 0.484 bits per heavy atom. The maximum absolute atomic E-state index is 13.6. The molecular weight excluding hydrogens is 822 g/mol. The molecule has 0 spiro atoms. The van der Waals surface area contributed by atoms with E-state index in [4.69, 9.17) is 35.2 Å². The van der Waals surface area contributed by atoms with Gasteiger partial charge < -0.3 is 25.4 Å². The van der Waals surface area contributed by atoms with Crippen molar-refractivity contribution in [2.24, 2.45) is 20.0 Å². The second kappa shape index (κ2) is 16.3. The maximum atomic E-state index is 13.6. The Morgan fingerprint density at radius 2 is 0.871 bits per heavy atom. The molecule has 62 heavy (non-hydrogen) atoms. The molecule has 0 saturated carbocycles. The van der Waals surface area contributed by atoms with Gasteiger partial charge in [0.2, 0.25) is 0 Å². The molecule has 10 heteroatoms. The first kappa shape index (κ1) is 39.7. The Morgan fingerprint density at radius 3 is 1.31 bits per heavy atom. The third-order valence-electron chi connectivity index (χ3n) is 11.1. The number of hydrogen-bond acceptors (Lipinski definition) is 9. The summed E-state index contributed by atoms with van der Waals surface area (Å²) in [6.07, 6.45) is 12.0. The van der Waals surface area contributed by atoms with Crippen molar-refractivity contribution < 1.29 is 36.8 Å². The van der Waals surface area contributed by atoms with Crippen molar-refractivity contribution in [3.8, 4) is 0 Å². The SMILES string of the molecule is COC([O-])=c1cc2c(c(N)c1=C([O-])OC)C1=C(c3ccccc3)C3=NC(=C(c4ccccc4)C4=NC(=C(c5ccccc5)C5=NC(=C(c6ccccc6)C2=N1)C=C5)C=C4)C=C3.[Cu+2]. The van der Waals surface area contributed by atoms with E-state index >= 15 is 0 Å². The van der Waals surface area contributed by atoms with E-state index in [1.54, 1.807) is 6.07 Å². The van der Waals surface area contributed by atoms with Gasteiger partial charge in [0, 0.05) is 43.9 Å². The van der Waals surface area contributed by atoms with Crippen LogP contribution in [-0.2, 0) is 26.5 Å². The molecule has 5 aliphatic rings. The van der Waals surface area contributed by atoms with E-state index in [0.29, 0.717) is 56.5 Å². The third kappa shape index (κ3) is 6.68. The second-order valence-corrected chi connectivity index (χ2v) is 14.5. The predicted molar refractivity (Wildman–Crippen MR) is 241 cm³/mol. The van der Waals surface area contributed by atoms with Gasteiger partial charge in [0.15, 0.2) is 0 Å². The van der Waals surface area contributed by atoms with E-state index in [0.717, 1.165) is 44.8 Å². The first-order chi connectivity index (χ1) is 29.9. The summed E-state index contributed by atoms with van der Waals surface area (Å²) in [6, 6.07) is 41.5. The number of benzene rings is 5. The van der Waals surface area contributed by atoms with Gasteiger partial charge in [0.05, 0.1) is 63.2 Å². The summed E-state index contributed by atoms with van der Waals surface area (Å²) in [5.74, 6) is -1.54. The number of rotatable bonds is 6. The number of ether oxygens (including phenoxy) is 2. The zero-order valence-corrected chi connectivity index (χ0v) is 34.3. The van der Waals surface area contributed by atoms with Crippen LogP contribution in [0.4, 0.5) is 5.69 Å². The maximum Gasteiger partial charge on any atom is 2.00 e. The summed E-state index contributed by atoms with van der Waals surface area (Å²) in [5.41, 5.74) is 19.8. The van der Waals surface area contributed by atoms with Gasteiger partial charge in [-0.1, -0.05) is 121 Å². The summed E-state index contributed by atoms with van der Waals surface area (Å²) in [7, 11) is 2.51. The molecule has 5 heterocycles. The van der Waals surface area contributed by atoms with E-state index in [9.17, 15) is 10.2 Å². The van der Waals surface area contributed by atoms with Crippen LogP contribution in [0.5, 0.6) is 0 Å². The van der Waals surface area contributed by atoms with Gasteiger partial charge in [-0.05, 0) is 79.0 Å². The number of nitrogens with zero attached hydrogens (tertiary/aromatic N) is 4. The Bertz CT molecular complexity index is 3190. The number of anilines is 1. The largest absolute Gasteiger partial charge is 2.00 e. The fourth-order valence-electron chi connectivity index (χ4n) is 8.35. The van der Waals surface area contributed by atoms with Crippen molar-refractivity contribution in [3.05, 3.63) is 225 Å². The average molecular weight is 857 g/mol. The molecule has 0 saturated heterocycles. The zero-order valence-electron chi connectivity index (χ0n) is 33.4. The molecule has 9 nitrogen and oxygen atoms in total. The average Bonchev–Trinajstić information content (AvgIpc) is 4.14. The van der Waals surface area contributed by atoms with Gasteiger partial charge in [-0.25, -0.2) is 20.0 Å². The van der Waals surface area contributed by atoms with Crippen LogP contribution in [0.2, 0.25) is 0 Å². The van der Waals surface area contributed by atoms with E-state index in [1.165, 1.54) is 14.2 Å². The Hall–Kier alpha value is -7.78. The van der Waals surface area contributed by atoms with Gasteiger partial charge in [-0.15, -0.1) is 0 Å². The smallest absolute Gasteiger partial charge is 0.616 e. The molecule has 0 atom stereocenters. The monoisotopic (exact) mass is 856 g/mol. The minimum atomic E-state index is -0.788. The quantitative estimate of drug-likeness (QED) is 0.157. The summed E-state index contributed by atoms with van der Waals surface area (Å²) in [4.78, 5) is 21.6. The van der Waals surface area contributed by atoms with Crippen LogP contribution in [0.25, 0.3) is 39.9 Å². The number of hydrogen-bond donors (Lipinski definition) is 1. The van der Waals surface area contributed by atoms with Crippen LogP contribution in [0.15, 0.2) is 201 Å². The molecule has 5 aliphatic heterocycles. The molecule has 2 N–H and O–H groups in total. The first-order valence-corrected chi connectivity index (χ1v) is 19.7. The van der Waals surface area contributed by atoms with Gasteiger partial charge in [-0.3, -0.25) is 0 Å². The fourth-order valence-corrected chi connectivity index (χ4v) is 8.35. The van der Waals surface area contributed by atoms with Gasteiger partial charge in [-0.2, -0.15) is 0 Å². The number of nitrogens with two attached hydrogens (primary N) is 1. The van der Waals surface area contributed by atoms with Crippen molar-refractivity contribution in [1.29, 1.82) is 0 Å². The van der Waals surface area contributed by atoms with Crippen LogP contribution in [0.3, 0.4) is 0 Å². The molecule has 5 aromatic carbocycles. The van der Waals surface area contributed by atoms with Gasteiger partial charge in [0.1, 0.15) is 0 Å². The third-order valence-corrected chi connectivity index (χ3v) is 11.1. The molecule has 10 rings (SSSR count). The number of nitrogen functional groups attached to an aromatic ring is 1. The van der Waals surface area contributed by atoms with E-state index in [2.05, 4.69) is 24.3 Å². The van der Waals surface area contributed by atoms with Crippen LogP contribution < -0.4 is 26.4 Å². The van der Waals surface area contributed by atoms with Crippen LogP contribution >= 0.6 is 0 Å². The second-order valence-electron chi connectivity index (χ2n) is 14.5. The summed E-state index contributed by atoms with van der Waals surface area (Å²) < 4.78 is 10.5. The van der Waals surface area contributed by atoms with Gasteiger partial charge >= 0.3 is 17.1 Å². The molecule has 0 unspecified atom stereocenters. The zero-order chi connectivity index (χ0) is 41.6. The minimum absolute atomic E-state index is 0. The number of fused-ring (bicyclic) bond motifs is 7. The van der Waals surface area contributed by atoms with E-state index in [-0.39, 0.29) is 33.2 Å². The van der Waals surface area contributed by atoms with Crippen LogP contribution in [-0.4, -0.2) is 37.1 Å². The predicted octanol–water partition coefficient (Wildman–Crippen LogP) is 6.36. The van der Waals surface area contributed by atoms with Crippen molar-refractivity contribution >= 4 is 68.4 Å². The van der Waals surface area contributed by atoms with Crippen molar-refractivity contribution in [2.45, 2.75) is 0 Å². The van der Waals surface area contributed by atoms with E-state index < -0.39 is 11.9 Å². The normalized spacial score (nSPS) is 17.1. The van der Waals surface area contributed by atoms with Crippen LogP contribution in [0.1, 0.15) is 33.4 Å². The molecule has 8 bridgehead atoms. The van der Waals surface area contributed by atoms with E-state index in [1.807, 2.05) is 134 Å². The molecule has 303 valence electrons. The molecule has 5 aromatic rings. The van der Waals surface area contributed by atoms with Gasteiger partial charge in [0.25, 0.3) is 0 Å². The Kier molecular flexibility index (Phi) is 10.5.